The molecule has 100 valence electrons. The van der Waals surface area contributed by atoms with E-state index in [1.807, 2.05) is 36.4 Å². The maximum absolute atomic E-state index is 6.41. The van der Waals surface area contributed by atoms with Crippen molar-refractivity contribution in [2.24, 2.45) is 5.73 Å². The monoisotopic (exact) mass is 264 g/mol. The molecule has 0 bridgehead atoms. The summed E-state index contributed by atoms with van der Waals surface area (Å²) in [6, 6.07) is 15.9. The fourth-order valence-corrected chi connectivity index (χ4v) is 2.49. The highest BCUT2D eigenvalue weighted by Crippen LogP contribution is 2.32. The summed E-state index contributed by atoms with van der Waals surface area (Å²) in [7, 11) is 1.68. The van der Waals surface area contributed by atoms with Crippen molar-refractivity contribution < 1.29 is 4.74 Å². The van der Waals surface area contributed by atoms with Crippen molar-refractivity contribution in [3.63, 3.8) is 0 Å². The van der Waals surface area contributed by atoms with Crippen molar-refractivity contribution in [1.82, 2.24) is 4.98 Å². The normalized spacial score (nSPS) is 12.3. The Morgan fingerprint density at radius 3 is 2.35 bits per heavy atom. The van der Waals surface area contributed by atoms with Crippen LogP contribution < -0.4 is 10.5 Å². The van der Waals surface area contributed by atoms with Gasteiger partial charge in [-0.15, -0.1) is 0 Å². The Morgan fingerprint density at radius 2 is 1.65 bits per heavy atom. The third-order valence-corrected chi connectivity index (χ3v) is 3.54. The van der Waals surface area contributed by atoms with Crippen molar-refractivity contribution in [2.45, 2.75) is 6.04 Å². The van der Waals surface area contributed by atoms with Gasteiger partial charge in [-0.1, -0.05) is 30.3 Å². The van der Waals surface area contributed by atoms with Gasteiger partial charge in [0.15, 0.2) is 0 Å². The molecule has 1 atom stereocenters. The van der Waals surface area contributed by atoms with Crippen LogP contribution in [0.1, 0.15) is 17.2 Å². The summed E-state index contributed by atoms with van der Waals surface area (Å²) in [5.41, 5.74) is 8.55. The topological polar surface area (TPSA) is 48.1 Å². The average Bonchev–Trinajstić information content (AvgIpc) is 2.54. The van der Waals surface area contributed by atoms with E-state index in [1.54, 1.807) is 19.5 Å². The summed E-state index contributed by atoms with van der Waals surface area (Å²) < 4.78 is 5.42. The van der Waals surface area contributed by atoms with Crippen LogP contribution >= 0.6 is 0 Å². The van der Waals surface area contributed by atoms with Crippen molar-refractivity contribution in [3.8, 4) is 5.75 Å². The second-order valence-electron chi connectivity index (χ2n) is 4.66. The minimum atomic E-state index is -0.172. The predicted octanol–water partition coefficient (Wildman–Crippen LogP) is 3.29. The fourth-order valence-electron chi connectivity index (χ4n) is 2.49. The summed E-state index contributed by atoms with van der Waals surface area (Å²) in [5, 5.41) is 2.20. The van der Waals surface area contributed by atoms with E-state index in [0.29, 0.717) is 0 Å². The number of benzene rings is 2. The Hall–Kier alpha value is -2.39. The van der Waals surface area contributed by atoms with Crippen LogP contribution in [-0.2, 0) is 0 Å². The van der Waals surface area contributed by atoms with Gasteiger partial charge >= 0.3 is 0 Å². The molecule has 0 fully saturated rings. The minimum Gasteiger partial charge on any atom is -0.496 e. The molecule has 0 saturated carbocycles. The molecule has 20 heavy (non-hydrogen) atoms. The van der Waals surface area contributed by atoms with Gasteiger partial charge < -0.3 is 10.5 Å². The predicted molar refractivity (Wildman–Crippen MR) is 80.8 cm³/mol. The number of nitrogens with two attached hydrogens (primary N) is 1. The van der Waals surface area contributed by atoms with Crippen molar-refractivity contribution in [2.75, 3.05) is 7.11 Å². The number of pyridine rings is 1. The van der Waals surface area contributed by atoms with E-state index in [9.17, 15) is 0 Å². The molecule has 0 aliphatic heterocycles. The number of hydrogen-bond acceptors (Lipinski definition) is 3. The van der Waals surface area contributed by atoms with E-state index in [1.165, 1.54) is 0 Å². The Kier molecular flexibility index (Phi) is 3.35. The third kappa shape index (κ3) is 2.12. The van der Waals surface area contributed by atoms with Crippen LogP contribution in [0.5, 0.6) is 5.75 Å². The molecule has 1 heterocycles. The van der Waals surface area contributed by atoms with E-state index in [2.05, 4.69) is 17.1 Å². The zero-order valence-electron chi connectivity index (χ0n) is 11.3. The van der Waals surface area contributed by atoms with Gasteiger partial charge in [0, 0.05) is 17.8 Å². The summed E-state index contributed by atoms with van der Waals surface area (Å²) in [4.78, 5) is 4.04. The number of aromatic nitrogens is 1. The maximum Gasteiger partial charge on any atom is 0.126 e. The summed E-state index contributed by atoms with van der Waals surface area (Å²) in [6.07, 6.45) is 3.53. The molecule has 0 aliphatic rings. The van der Waals surface area contributed by atoms with Gasteiger partial charge in [0.2, 0.25) is 0 Å². The van der Waals surface area contributed by atoms with Crippen molar-refractivity contribution in [3.05, 3.63) is 72.1 Å². The number of ether oxygens (including phenoxy) is 1. The fraction of sp³-hybridized carbons (Fsp3) is 0.118. The summed E-state index contributed by atoms with van der Waals surface area (Å²) >= 11 is 0. The molecule has 1 unspecified atom stereocenters. The third-order valence-electron chi connectivity index (χ3n) is 3.54. The van der Waals surface area contributed by atoms with E-state index >= 15 is 0 Å². The highest BCUT2D eigenvalue weighted by Gasteiger charge is 2.13. The highest BCUT2D eigenvalue weighted by molar-refractivity contribution is 5.91. The van der Waals surface area contributed by atoms with Crippen LogP contribution in [-0.4, -0.2) is 12.1 Å². The molecule has 3 rings (SSSR count). The molecular weight excluding hydrogens is 248 g/mol. The molecule has 1 aromatic heterocycles. The molecule has 0 saturated heterocycles. The highest BCUT2D eigenvalue weighted by atomic mass is 16.5. The van der Waals surface area contributed by atoms with Gasteiger partial charge in [-0.2, -0.15) is 0 Å². The van der Waals surface area contributed by atoms with Gasteiger partial charge in [-0.3, -0.25) is 4.98 Å². The first-order valence-electron chi connectivity index (χ1n) is 6.52. The first kappa shape index (κ1) is 12.6. The van der Waals surface area contributed by atoms with Crippen molar-refractivity contribution >= 4 is 10.8 Å². The van der Waals surface area contributed by atoms with E-state index in [0.717, 1.165) is 27.6 Å². The molecule has 2 aromatic carbocycles. The molecular formula is C17H16N2O. The maximum atomic E-state index is 6.41. The molecule has 0 aliphatic carbocycles. The van der Waals surface area contributed by atoms with Crippen LogP contribution in [0.2, 0.25) is 0 Å². The summed E-state index contributed by atoms with van der Waals surface area (Å²) in [5.74, 6) is 0.867. The van der Waals surface area contributed by atoms with Crippen LogP contribution in [0.15, 0.2) is 60.9 Å². The van der Waals surface area contributed by atoms with Crippen LogP contribution in [0, 0.1) is 0 Å². The lowest BCUT2D eigenvalue weighted by Gasteiger charge is -2.16. The van der Waals surface area contributed by atoms with Gasteiger partial charge in [-0.05, 0) is 34.7 Å². The zero-order valence-corrected chi connectivity index (χ0v) is 11.3. The first-order valence-corrected chi connectivity index (χ1v) is 6.52. The van der Waals surface area contributed by atoms with Gasteiger partial charge in [0.05, 0.1) is 13.2 Å². The lowest BCUT2D eigenvalue weighted by Crippen LogP contribution is -2.12. The van der Waals surface area contributed by atoms with Crippen LogP contribution in [0.25, 0.3) is 10.8 Å². The number of methoxy groups -OCH3 is 1. The van der Waals surface area contributed by atoms with Gasteiger partial charge in [0.1, 0.15) is 5.75 Å². The number of hydrogen-bond donors (Lipinski definition) is 1. The minimum absolute atomic E-state index is 0.172. The number of fused-ring (bicyclic) bond motifs is 1. The number of rotatable bonds is 3. The molecule has 3 heteroatoms. The number of nitrogens with zero attached hydrogens (tertiary/aromatic N) is 1. The quantitative estimate of drug-likeness (QED) is 0.789. The smallest absolute Gasteiger partial charge is 0.126 e. The SMILES string of the molecule is COc1ccc(C(N)c2ccncc2)c2ccccc12. The second kappa shape index (κ2) is 5.31. The van der Waals surface area contributed by atoms with Crippen molar-refractivity contribution in [1.29, 1.82) is 0 Å². The van der Waals surface area contributed by atoms with E-state index in [4.69, 9.17) is 10.5 Å². The molecule has 0 amide bonds. The Labute approximate surface area is 118 Å². The van der Waals surface area contributed by atoms with Gasteiger partial charge in [-0.25, -0.2) is 0 Å². The van der Waals surface area contributed by atoms with Crippen LogP contribution in [0.3, 0.4) is 0 Å². The second-order valence-corrected chi connectivity index (χ2v) is 4.66. The van der Waals surface area contributed by atoms with Crippen LogP contribution in [0.4, 0.5) is 0 Å². The lowest BCUT2D eigenvalue weighted by atomic mass is 9.94. The largest absolute Gasteiger partial charge is 0.496 e. The lowest BCUT2D eigenvalue weighted by molar-refractivity contribution is 0.419. The van der Waals surface area contributed by atoms with E-state index < -0.39 is 0 Å². The van der Waals surface area contributed by atoms with E-state index in [-0.39, 0.29) is 6.04 Å². The molecule has 3 nitrogen and oxygen atoms in total. The molecule has 0 radical (unpaired) electrons. The summed E-state index contributed by atoms with van der Waals surface area (Å²) in [6.45, 7) is 0. The zero-order chi connectivity index (χ0) is 13.9. The Bertz CT molecular complexity index is 725. The standard InChI is InChI=1S/C17H16N2O/c1-20-16-7-6-15(13-4-2-3-5-14(13)16)17(18)12-8-10-19-11-9-12/h2-11,17H,18H2,1H3. The Morgan fingerprint density at radius 1 is 0.950 bits per heavy atom. The molecule has 0 spiro atoms. The van der Waals surface area contributed by atoms with Gasteiger partial charge in [0.25, 0.3) is 0 Å². The molecule has 2 N–H and O–H groups in total. The Balaban J connectivity index is 2.18. The average molecular weight is 264 g/mol. The first-order chi connectivity index (χ1) is 9.81. The molecule has 3 aromatic rings.